The molecule has 6 fully saturated rings. The van der Waals surface area contributed by atoms with Crippen LogP contribution in [0.2, 0.25) is 10.0 Å². The van der Waals surface area contributed by atoms with Gasteiger partial charge in [0.1, 0.15) is 5.52 Å². The second-order valence-electron chi connectivity index (χ2n) is 16.1. The lowest BCUT2D eigenvalue weighted by Gasteiger charge is -2.40. The van der Waals surface area contributed by atoms with Gasteiger partial charge >= 0.3 is 0 Å². The van der Waals surface area contributed by atoms with Crippen LogP contribution in [0.1, 0.15) is 66.7 Å². The number of hydrogen-bond acceptors (Lipinski definition) is 6. The number of nitrogens with one attached hydrogen (secondary N) is 1. The zero-order valence-electron chi connectivity index (χ0n) is 30.1. The molecule has 7 heterocycles. The normalized spacial score (nSPS) is 25.8. The van der Waals surface area contributed by atoms with Crippen molar-refractivity contribution >= 4 is 56.7 Å². The summed E-state index contributed by atoms with van der Waals surface area (Å²) < 4.78 is 35.2. The fraction of sp³-hybridized carbons (Fsp3) is 0.429. The fourth-order valence-corrected chi connectivity index (χ4v) is 10.6. The van der Waals surface area contributed by atoms with E-state index in [9.17, 15) is 10.1 Å². The van der Waals surface area contributed by atoms with Gasteiger partial charge in [-0.1, -0.05) is 35.3 Å². The summed E-state index contributed by atoms with van der Waals surface area (Å²) in [6, 6.07) is 13.1. The number of carbonyl (C=O) groups is 1. The largest absolute Gasteiger partial charge is 0.352 e. The smallest absolute Gasteiger partial charge is 0.226 e. The molecule has 2 aliphatic carbocycles. The van der Waals surface area contributed by atoms with Gasteiger partial charge in [0.2, 0.25) is 5.91 Å². The molecule has 1 amide bonds. The van der Waals surface area contributed by atoms with E-state index >= 15 is 8.78 Å². The first-order valence-electron chi connectivity index (χ1n) is 19.0. The van der Waals surface area contributed by atoms with E-state index in [4.69, 9.17) is 28.2 Å². The minimum absolute atomic E-state index is 0.00618. The topological polar surface area (TPSA) is 90.1 Å². The van der Waals surface area contributed by atoms with Crippen molar-refractivity contribution < 1.29 is 13.6 Å². The lowest BCUT2D eigenvalue weighted by Crippen LogP contribution is -2.45. The predicted molar refractivity (Wildman–Crippen MR) is 206 cm³/mol. The van der Waals surface area contributed by atoms with E-state index in [1.165, 1.54) is 6.07 Å². The summed E-state index contributed by atoms with van der Waals surface area (Å²) in [6.07, 6.45) is 5.85. The standard InChI is InChI=1S/C42H39Cl2F2N7O/c1-20-11-31(45)41(49-16-20)51-18-25-12-26(19-51)52(42(54)22-8-9-22)39(25)33-15-28-21(2)50-37-29(40(28)53(33)38-24-14-32(38)48-17-24)13-23(5-4-10-47)34(36(37)46)27-6-3-7-30(43)35(27)44/h3,6-7,11,13,15-16,22,24-26,32,38-39,48H,4-5,8-9,12,14,17-19H2,1-2H3. The maximum atomic E-state index is 17.3. The minimum atomic E-state index is -0.496. The highest BCUT2D eigenvalue weighted by Gasteiger charge is 2.55. The van der Waals surface area contributed by atoms with Crippen LogP contribution in [0.4, 0.5) is 14.6 Å². The van der Waals surface area contributed by atoms with E-state index < -0.39 is 5.82 Å². The first kappa shape index (κ1) is 34.2. The van der Waals surface area contributed by atoms with Crippen molar-refractivity contribution in [3.05, 3.63) is 86.8 Å². The molecule has 6 unspecified atom stereocenters. The number of rotatable bonds is 7. The van der Waals surface area contributed by atoms with Gasteiger partial charge in [-0.25, -0.2) is 18.7 Å². The highest BCUT2D eigenvalue weighted by atomic mass is 35.5. The lowest BCUT2D eigenvalue weighted by molar-refractivity contribution is -0.135. The fourth-order valence-electron chi connectivity index (χ4n) is 10.2. The van der Waals surface area contributed by atoms with E-state index in [-0.39, 0.29) is 64.7 Å². The maximum absolute atomic E-state index is 17.3. The minimum Gasteiger partial charge on any atom is -0.352 e. The Balaban J connectivity index is 1.21. The van der Waals surface area contributed by atoms with Crippen LogP contribution in [0.3, 0.4) is 0 Å². The van der Waals surface area contributed by atoms with Gasteiger partial charge in [-0.15, -0.1) is 0 Å². The average molecular weight is 767 g/mol. The number of nitrogens with zero attached hydrogens (tertiary/aromatic N) is 6. The number of likely N-dealkylation sites (tertiary alicyclic amines) is 1. The van der Waals surface area contributed by atoms with Crippen molar-refractivity contribution in [3.63, 3.8) is 0 Å². The molecule has 2 aromatic carbocycles. The van der Waals surface area contributed by atoms with Gasteiger partial charge in [-0.2, -0.15) is 5.26 Å². The van der Waals surface area contributed by atoms with Gasteiger partial charge < -0.3 is 19.7 Å². The molecule has 54 heavy (non-hydrogen) atoms. The Morgan fingerprint density at radius 3 is 2.63 bits per heavy atom. The summed E-state index contributed by atoms with van der Waals surface area (Å²) in [7, 11) is 0. The lowest BCUT2D eigenvalue weighted by atomic mass is 9.79. The molecule has 4 bridgehead atoms. The Bertz CT molecular complexity index is 2440. The van der Waals surface area contributed by atoms with Gasteiger partial charge in [-0.05, 0) is 87.3 Å². The average Bonchev–Trinajstić information content (AvgIpc) is 3.42. The van der Waals surface area contributed by atoms with Crippen molar-refractivity contribution in [1.29, 1.82) is 5.26 Å². The molecule has 4 aliphatic heterocycles. The molecule has 1 N–H and O–H groups in total. The number of aryl methyl sites for hydroxylation is 3. The molecular weight excluding hydrogens is 727 g/mol. The molecule has 6 atom stereocenters. The van der Waals surface area contributed by atoms with E-state index in [0.717, 1.165) is 54.4 Å². The Morgan fingerprint density at radius 1 is 1.07 bits per heavy atom. The Labute approximate surface area is 322 Å². The molecule has 6 aliphatic rings. The quantitative estimate of drug-likeness (QED) is 0.179. The number of hydrogen-bond donors (Lipinski definition) is 1. The second-order valence-corrected chi connectivity index (χ2v) is 16.9. The summed E-state index contributed by atoms with van der Waals surface area (Å²) in [5.74, 6) is 0.0814. The third kappa shape index (κ3) is 5.11. The molecule has 12 heteroatoms. The van der Waals surface area contributed by atoms with Crippen molar-refractivity contribution in [2.75, 3.05) is 24.5 Å². The first-order chi connectivity index (χ1) is 26.1. The molecule has 276 valence electrons. The molecule has 8 nitrogen and oxygen atoms in total. The van der Waals surface area contributed by atoms with Gasteiger partial charge in [-0.3, -0.25) is 4.79 Å². The summed E-state index contributed by atoms with van der Waals surface area (Å²) in [6.45, 7) is 5.73. The van der Waals surface area contributed by atoms with Crippen LogP contribution in [0.5, 0.6) is 0 Å². The van der Waals surface area contributed by atoms with Crippen LogP contribution < -0.4 is 10.2 Å². The van der Waals surface area contributed by atoms with E-state index in [1.807, 2.05) is 24.8 Å². The zero-order valence-corrected chi connectivity index (χ0v) is 31.6. The van der Waals surface area contributed by atoms with Crippen LogP contribution in [-0.4, -0.2) is 57.1 Å². The molecule has 5 aromatic rings. The predicted octanol–water partition coefficient (Wildman–Crippen LogP) is 8.63. The Hall–Kier alpha value is -4.30. The number of carbonyl (C=O) groups excluding carboxylic acids is 1. The summed E-state index contributed by atoms with van der Waals surface area (Å²) in [5.41, 5.74) is 5.06. The van der Waals surface area contributed by atoms with E-state index in [2.05, 4.69) is 31.9 Å². The van der Waals surface area contributed by atoms with Gasteiger partial charge in [0, 0.05) is 83.4 Å². The summed E-state index contributed by atoms with van der Waals surface area (Å²) in [5, 5.41) is 15.5. The number of fused-ring (bicyclic) bond motifs is 6. The van der Waals surface area contributed by atoms with Crippen molar-refractivity contribution in [2.24, 2.45) is 17.8 Å². The van der Waals surface area contributed by atoms with Crippen molar-refractivity contribution in [3.8, 4) is 17.2 Å². The summed E-state index contributed by atoms with van der Waals surface area (Å²) >= 11 is 13.2. The molecule has 2 saturated carbocycles. The van der Waals surface area contributed by atoms with Gasteiger partial charge in [0.05, 0.1) is 39.8 Å². The second kappa shape index (κ2) is 12.6. The van der Waals surface area contributed by atoms with Crippen LogP contribution in [-0.2, 0) is 11.2 Å². The van der Waals surface area contributed by atoms with Crippen LogP contribution in [0, 0.1) is 54.6 Å². The number of pyridine rings is 2. The molecule has 0 spiro atoms. The number of aromatic nitrogens is 3. The number of anilines is 1. The van der Waals surface area contributed by atoms with Gasteiger partial charge in [0.15, 0.2) is 17.5 Å². The molecule has 4 saturated heterocycles. The van der Waals surface area contributed by atoms with Crippen LogP contribution >= 0.6 is 23.2 Å². The Kier molecular flexibility index (Phi) is 8.00. The van der Waals surface area contributed by atoms with Crippen molar-refractivity contribution in [2.45, 2.75) is 76.5 Å². The number of amides is 1. The van der Waals surface area contributed by atoms with E-state index in [0.29, 0.717) is 64.0 Å². The molecule has 3 aromatic heterocycles. The zero-order chi connectivity index (χ0) is 37.2. The molecule has 0 radical (unpaired) electrons. The first-order valence-corrected chi connectivity index (χ1v) is 19.8. The number of nitriles is 1. The van der Waals surface area contributed by atoms with Crippen LogP contribution in [0.15, 0.2) is 42.6 Å². The highest BCUT2D eigenvalue weighted by molar-refractivity contribution is 6.43. The number of benzene rings is 2. The molecular formula is C42H39Cl2F2N7O. The number of halogens is 4. The van der Waals surface area contributed by atoms with E-state index in [1.54, 1.807) is 24.4 Å². The summed E-state index contributed by atoms with van der Waals surface area (Å²) in [4.78, 5) is 28.0. The van der Waals surface area contributed by atoms with Crippen molar-refractivity contribution in [1.82, 2.24) is 24.8 Å². The van der Waals surface area contributed by atoms with Gasteiger partial charge in [0.25, 0.3) is 0 Å². The highest BCUT2D eigenvalue weighted by Crippen LogP contribution is 2.54. The SMILES string of the molecule is Cc1cnc(N2CC3CC(C2)N(C(=O)C2CC2)C3c2cc3c(C)nc4c(F)c(-c5cccc(Cl)c5Cl)c(CCC#N)cc4c3n2C2C3CNC2C3)c(F)c1. The van der Waals surface area contributed by atoms with Crippen LogP contribution in [0.25, 0.3) is 32.9 Å². The monoisotopic (exact) mass is 765 g/mol. The third-order valence-corrected chi connectivity index (χ3v) is 13.6. The Morgan fingerprint density at radius 2 is 1.91 bits per heavy atom. The maximum Gasteiger partial charge on any atom is 0.226 e. The number of piperidine rings is 1. The third-order valence-electron chi connectivity index (χ3n) is 12.8. The molecule has 11 rings (SSSR count).